The van der Waals surface area contributed by atoms with Gasteiger partial charge in [-0.2, -0.15) is 0 Å². The molecule has 0 saturated carbocycles. The molecular formula is C32H54N4. The van der Waals surface area contributed by atoms with Crippen molar-refractivity contribution in [2.45, 2.75) is 111 Å². The van der Waals surface area contributed by atoms with Gasteiger partial charge in [-0.15, -0.1) is 0 Å². The molecule has 2 fully saturated rings. The van der Waals surface area contributed by atoms with E-state index in [4.69, 9.17) is 5.73 Å². The summed E-state index contributed by atoms with van der Waals surface area (Å²) in [4.78, 5) is 2.46. The van der Waals surface area contributed by atoms with Gasteiger partial charge in [-0.05, 0) is 88.8 Å². The molecule has 4 rings (SSSR count). The Hall–Kier alpha value is -2.20. The molecule has 4 N–H and O–H groups in total. The van der Waals surface area contributed by atoms with Crippen molar-refractivity contribution in [2.24, 2.45) is 11.1 Å². The maximum absolute atomic E-state index is 6.22. The van der Waals surface area contributed by atoms with Gasteiger partial charge in [-0.25, -0.2) is 0 Å². The molecule has 202 valence electrons. The summed E-state index contributed by atoms with van der Waals surface area (Å²) in [6.45, 7) is 26.5. The lowest BCUT2D eigenvalue weighted by molar-refractivity contribution is 0.159. The first-order valence-corrected chi connectivity index (χ1v) is 14.1. The number of nitrogens with two attached hydrogens (primary N) is 1. The molecule has 1 aliphatic carbocycles. The maximum atomic E-state index is 6.22. The Morgan fingerprint density at radius 2 is 1.72 bits per heavy atom. The summed E-state index contributed by atoms with van der Waals surface area (Å²) in [6.07, 6.45) is 9.91. The SMILES string of the molecule is C=C(CNC)NC1CCC[C@@]2(C)CC(C)(C)C(C(=C)N)N2C1=C.CC.Cc1ccc2c(c1)CCCC2. The minimum absolute atomic E-state index is 0.105. The van der Waals surface area contributed by atoms with Crippen LogP contribution in [0.5, 0.6) is 0 Å². The molecule has 0 aromatic heterocycles. The molecule has 1 aromatic carbocycles. The summed E-state index contributed by atoms with van der Waals surface area (Å²) in [5, 5.41) is 6.70. The van der Waals surface area contributed by atoms with Crippen LogP contribution in [0.3, 0.4) is 0 Å². The van der Waals surface area contributed by atoms with E-state index in [1.807, 2.05) is 20.9 Å². The molecule has 1 aromatic rings. The van der Waals surface area contributed by atoms with Crippen LogP contribution in [-0.2, 0) is 12.8 Å². The smallest absolute Gasteiger partial charge is 0.0735 e. The second kappa shape index (κ2) is 12.9. The van der Waals surface area contributed by atoms with Crippen LogP contribution in [0.4, 0.5) is 0 Å². The first-order chi connectivity index (χ1) is 17.0. The Balaban J connectivity index is 0.000000291. The van der Waals surface area contributed by atoms with Crippen LogP contribution in [0, 0.1) is 12.3 Å². The standard InChI is InChI=1S/C19H34N4.C11H14.C2H6/c1-13(11-21-7)22-16-9-8-10-19(6)12-18(4,5)17(14(2)20)23(19)15(16)3;1-9-6-7-10-4-2-3-5-11(10)8-9;1-2/h16-17,21-22H,1-3,8-12,20H2,4-7H3;6-8H,2-5H2,1H3;1-2H3/t16?,17?,19-;;/m0../s1. The fourth-order valence-electron chi connectivity index (χ4n) is 6.76. The summed E-state index contributed by atoms with van der Waals surface area (Å²) in [7, 11) is 1.93. The Labute approximate surface area is 222 Å². The molecule has 2 heterocycles. The quantitative estimate of drug-likeness (QED) is 0.431. The van der Waals surface area contributed by atoms with Gasteiger partial charge in [0.2, 0.25) is 0 Å². The Morgan fingerprint density at radius 1 is 1.08 bits per heavy atom. The summed E-state index contributed by atoms with van der Waals surface area (Å²) in [5.74, 6) is 0. The van der Waals surface area contributed by atoms with Crippen molar-refractivity contribution >= 4 is 0 Å². The molecule has 0 bridgehead atoms. The van der Waals surface area contributed by atoms with Crippen molar-refractivity contribution in [1.82, 2.24) is 15.5 Å². The zero-order chi connectivity index (χ0) is 27.1. The van der Waals surface area contributed by atoms with Crippen LogP contribution in [0.15, 0.2) is 55.0 Å². The lowest BCUT2D eigenvalue weighted by Gasteiger charge is -2.43. The number of nitrogens with one attached hydrogen (secondary N) is 2. The number of benzene rings is 1. The molecule has 0 radical (unpaired) electrons. The van der Waals surface area contributed by atoms with Crippen LogP contribution >= 0.6 is 0 Å². The van der Waals surface area contributed by atoms with Crippen molar-refractivity contribution < 1.29 is 0 Å². The van der Waals surface area contributed by atoms with E-state index in [0.29, 0.717) is 0 Å². The first kappa shape index (κ1) is 30.0. The summed E-state index contributed by atoms with van der Waals surface area (Å²) < 4.78 is 0. The predicted octanol–water partition coefficient (Wildman–Crippen LogP) is 6.61. The summed E-state index contributed by atoms with van der Waals surface area (Å²) in [5.41, 5.74) is 13.9. The van der Waals surface area contributed by atoms with Crippen molar-refractivity contribution in [3.05, 3.63) is 71.7 Å². The lowest BCUT2D eigenvalue weighted by Crippen LogP contribution is -2.50. The molecule has 3 atom stereocenters. The first-order valence-electron chi connectivity index (χ1n) is 14.1. The van der Waals surface area contributed by atoms with Crippen LogP contribution in [0.25, 0.3) is 0 Å². The van der Waals surface area contributed by atoms with Crippen LogP contribution in [0.2, 0.25) is 0 Å². The van der Waals surface area contributed by atoms with Crippen molar-refractivity contribution in [3.63, 3.8) is 0 Å². The van der Waals surface area contributed by atoms with Gasteiger partial charge >= 0.3 is 0 Å². The van der Waals surface area contributed by atoms with E-state index >= 15 is 0 Å². The van der Waals surface area contributed by atoms with Gasteiger partial charge in [-0.1, -0.05) is 71.2 Å². The fourth-order valence-corrected chi connectivity index (χ4v) is 6.76. The molecule has 3 aliphatic rings. The largest absolute Gasteiger partial charge is 0.401 e. The monoisotopic (exact) mass is 494 g/mol. The summed E-state index contributed by atoms with van der Waals surface area (Å²) >= 11 is 0. The summed E-state index contributed by atoms with van der Waals surface area (Å²) in [6, 6.07) is 7.22. The molecule has 0 amide bonds. The molecule has 2 aliphatic heterocycles. The van der Waals surface area contributed by atoms with Gasteiger partial charge in [0.05, 0.1) is 12.1 Å². The number of fused-ring (bicyclic) bond motifs is 2. The van der Waals surface area contributed by atoms with E-state index in [9.17, 15) is 0 Å². The molecule has 36 heavy (non-hydrogen) atoms. The lowest BCUT2D eigenvalue weighted by atomic mass is 9.78. The molecule has 0 spiro atoms. The van der Waals surface area contributed by atoms with Crippen LogP contribution < -0.4 is 16.4 Å². The van der Waals surface area contributed by atoms with E-state index in [1.54, 1.807) is 11.1 Å². The highest BCUT2D eigenvalue weighted by atomic mass is 15.3. The zero-order valence-electron chi connectivity index (χ0n) is 24.4. The second-order valence-electron chi connectivity index (χ2n) is 11.7. The zero-order valence-corrected chi connectivity index (χ0v) is 24.4. The predicted molar refractivity (Wildman–Crippen MR) is 158 cm³/mol. The third kappa shape index (κ3) is 6.97. The third-order valence-electron chi connectivity index (χ3n) is 7.96. The van der Waals surface area contributed by atoms with E-state index in [-0.39, 0.29) is 23.0 Å². The Kier molecular flexibility index (Phi) is 10.7. The fraction of sp³-hybridized carbons (Fsp3) is 0.625. The van der Waals surface area contributed by atoms with E-state index < -0.39 is 0 Å². The van der Waals surface area contributed by atoms with Gasteiger partial charge in [0.25, 0.3) is 0 Å². The molecule has 4 nitrogen and oxygen atoms in total. The van der Waals surface area contributed by atoms with E-state index in [0.717, 1.165) is 42.9 Å². The molecule has 2 unspecified atom stereocenters. The number of likely N-dealkylation sites (N-methyl/N-ethyl adjacent to an activating group) is 1. The highest BCUT2D eigenvalue weighted by Gasteiger charge is 2.55. The second-order valence-corrected chi connectivity index (χ2v) is 11.7. The van der Waals surface area contributed by atoms with E-state index in [2.05, 4.69) is 81.2 Å². The number of hydrogen-bond acceptors (Lipinski definition) is 4. The Bertz CT molecular complexity index is 915. The van der Waals surface area contributed by atoms with Gasteiger partial charge in [0, 0.05) is 29.2 Å². The molecule has 4 heteroatoms. The minimum Gasteiger partial charge on any atom is -0.401 e. The third-order valence-corrected chi connectivity index (χ3v) is 7.96. The molecular weight excluding hydrogens is 440 g/mol. The van der Waals surface area contributed by atoms with E-state index in [1.165, 1.54) is 37.7 Å². The van der Waals surface area contributed by atoms with Gasteiger partial charge < -0.3 is 21.3 Å². The number of aryl methyl sites for hydroxylation is 3. The number of nitrogens with zero attached hydrogens (tertiary/aromatic N) is 1. The number of hydrogen-bond donors (Lipinski definition) is 3. The van der Waals surface area contributed by atoms with Gasteiger partial charge in [0.1, 0.15) is 0 Å². The van der Waals surface area contributed by atoms with Crippen molar-refractivity contribution in [1.29, 1.82) is 0 Å². The van der Waals surface area contributed by atoms with Crippen LogP contribution in [0.1, 0.15) is 89.8 Å². The number of rotatable bonds is 5. The van der Waals surface area contributed by atoms with Crippen molar-refractivity contribution in [2.75, 3.05) is 13.6 Å². The minimum atomic E-state index is 0.105. The average molecular weight is 495 g/mol. The topological polar surface area (TPSA) is 53.3 Å². The van der Waals surface area contributed by atoms with Gasteiger partial charge in [0.15, 0.2) is 0 Å². The Morgan fingerprint density at radius 3 is 2.33 bits per heavy atom. The maximum Gasteiger partial charge on any atom is 0.0735 e. The molecule has 2 saturated heterocycles. The van der Waals surface area contributed by atoms with Crippen LogP contribution in [-0.4, -0.2) is 36.1 Å². The average Bonchev–Trinajstić information content (AvgIpc) is 2.98. The highest BCUT2D eigenvalue weighted by molar-refractivity contribution is 5.33. The van der Waals surface area contributed by atoms with Gasteiger partial charge in [-0.3, -0.25) is 0 Å². The normalized spacial score (nSPS) is 26.2. The highest BCUT2D eigenvalue weighted by Crippen LogP contribution is 2.53. The van der Waals surface area contributed by atoms with Crippen molar-refractivity contribution in [3.8, 4) is 0 Å².